The molecule has 0 aliphatic carbocycles. The van der Waals surface area contributed by atoms with Crippen molar-refractivity contribution in [2.45, 2.75) is 40.0 Å². The van der Waals surface area contributed by atoms with E-state index in [4.69, 9.17) is 0 Å². The van der Waals surface area contributed by atoms with Gasteiger partial charge in [-0.15, -0.1) is 0 Å². The van der Waals surface area contributed by atoms with E-state index in [-0.39, 0.29) is 0 Å². The SMILES string of the molecule is CCc1ccc(NC(=O)O)c(CC)c1CCN1CCN(c2cccc3nc(C)ccc23)CC1. The van der Waals surface area contributed by atoms with Crippen molar-refractivity contribution in [3.63, 3.8) is 0 Å². The number of anilines is 2. The molecule has 0 spiro atoms. The lowest BCUT2D eigenvalue weighted by Gasteiger charge is -2.36. The van der Waals surface area contributed by atoms with Crippen molar-refractivity contribution >= 4 is 28.4 Å². The first-order valence-electron chi connectivity index (χ1n) is 12.0. The summed E-state index contributed by atoms with van der Waals surface area (Å²) < 4.78 is 0. The van der Waals surface area contributed by atoms with Crippen LogP contribution in [0, 0.1) is 6.92 Å². The number of fused-ring (bicyclic) bond motifs is 1. The van der Waals surface area contributed by atoms with Gasteiger partial charge < -0.3 is 10.0 Å². The second kappa shape index (κ2) is 10.2. The first-order valence-corrected chi connectivity index (χ1v) is 12.0. The smallest absolute Gasteiger partial charge is 0.409 e. The van der Waals surface area contributed by atoms with E-state index in [1.165, 1.54) is 22.2 Å². The van der Waals surface area contributed by atoms with Crippen molar-refractivity contribution in [2.24, 2.45) is 0 Å². The van der Waals surface area contributed by atoms with Crippen molar-refractivity contribution in [2.75, 3.05) is 42.9 Å². The number of amides is 1. The summed E-state index contributed by atoms with van der Waals surface area (Å²) in [6.45, 7) is 11.3. The van der Waals surface area contributed by atoms with Crippen LogP contribution in [0.2, 0.25) is 0 Å². The fourth-order valence-corrected chi connectivity index (χ4v) is 5.02. The van der Waals surface area contributed by atoms with E-state index in [0.717, 1.165) is 74.4 Å². The highest BCUT2D eigenvalue weighted by atomic mass is 16.4. The van der Waals surface area contributed by atoms with Gasteiger partial charge in [0.05, 0.1) is 5.52 Å². The second-order valence-corrected chi connectivity index (χ2v) is 8.74. The molecule has 2 aromatic carbocycles. The maximum Gasteiger partial charge on any atom is 0.409 e. The van der Waals surface area contributed by atoms with Gasteiger partial charge in [-0.25, -0.2) is 4.79 Å². The fourth-order valence-electron chi connectivity index (χ4n) is 5.02. The van der Waals surface area contributed by atoms with Crippen LogP contribution in [0.1, 0.15) is 36.2 Å². The summed E-state index contributed by atoms with van der Waals surface area (Å²) in [4.78, 5) is 20.9. The van der Waals surface area contributed by atoms with Crippen LogP contribution in [0.5, 0.6) is 0 Å². The summed E-state index contributed by atoms with van der Waals surface area (Å²) in [5.41, 5.74) is 7.86. The van der Waals surface area contributed by atoms with Crippen LogP contribution in [0.4, 0.5) is 16.2 Å². The van der Waals surface area contributed by atoms with Crippen molar-refractivity contribution in [1.29, 1.82) is 0 Å². The number of carbonyl (C=O) groups is 1. The number of benzene rings is 2. The molecule has 33 heavy (non-hydrogen) atoms. The summed E-state index contributed by atoms with van der Waals surface area (Å²) >= 11 is 0. The quantitative estimate of drug-likeness (QED) is 0.527. The maximum atomic E-state index is 11.2. The minimum Gasteiger partial charge on any atom is -0.465 e. The molecule has 2 N–H and O–H groups in total. The average molecular weight is 447 g/mol. The van der Waals surface area contributed by atoms with Gasteiger partial charge in [-0.05, 0) is 73.2 Å². The Kier molecular flexibility index (Phi) is 7.14. The van der Waals surface area contributed by atoms with E-state index in [0.29, 0.717) is 0 Å². The topological polar surface area (TPSA) is 68.7 Å². The van der Waals surface area contributed by atoms with Gasteiger partial charge in [-0.3, -0.25) is 15.2 Å². The van der Waals surface area contributed by atoms with E-state index in [2.05, 4.69) is 70.3 Å². The molecular weight excluding hydrogens is 412 g/mol. The molecule has 0 saturated carbocycles. The summed E-state index contributed by atoms with van der Waals surface area (Å²) in [7, 11) is 0. The highest BCUT2D eigenvalue weighted by molar-refractivity contribution is 5.92. The molecule has 3 aromatic rings. The van der Waals surface area contributed by atoms with Gasteiger partial charge in [0.15, 0.2) is 0 Å². The summed E-state index contributed by atoms with van der Waals surface area (Å²) in [5, 5.41) is 13.0. The number of hydrogen-bond donors (Lipinski definition) is 2. The number of aromatic nitrogens is 1. The molecule has 1 aromatic heterocycles. The van der Waals surface area contributed by atoms with Crippen LogP contribution in [-0.4, -0.2) is 53.8 Å². The van der Waals surface area contributed by atoms with Crippen molar-refractivity contribution in [1.82, 2.24) is 9.88 Å². The van der Waals surface area contributed by atoms with Crippen LogP contribution in [0.15, 0.2) is 42.5 Å². The number of piperazine rings is 1. The zero-order valence-corrected chi connectivity index (χ0v) is 19.9. The normalized spacial score (nSPS) is 14.6. The molecule has 2 heterocycles. The molecule has 0 radical (unpaired) electrons. The Morgan fingerprint density at radius 2 is 1.79 bits per heavy atom. The van der Waals surface area contributed by atoms with Gasteiger partial charge in [-0.2, -0.15) is 0 Å². The molecule has 1 aliphatic heterocycles. The zero-order chi connectivity index (χ0) is 23.4. The Labute approximate surface area is 196 Å². The Morgan fingerprint density at radius 1 is 1.00 bits per heavy atom. The lowest BCUT2D eigenvalue weighted by atomic mass is 9.93. The van der Waals surface area contributed by atoms with Gasteiger partial charge >= 0.3 is 6.09 Å². The fraction of sp³-hybridized carbons (Fsp3) is 0.407. The van der Waals surface area contributed by atoms with E-state index in [9.17, 15) is 9.90 Å². The molecule has 4 rings (SSSR count). The molecule has 6 nitrogen and oxygen atoms in total. The van der Waals surface area contributed by atoms with E-state index >= 15 is 0 Å². The molecule has 1 amide bonds. The van der Waals surface area contributed by atoms with Crippen molar-refractivity contribution in [3.8, 4) is 0 Å². The number of rotatable bonds is 7. The first-order chi connectivity index (χ1) is 16.0. The Bertz CT molecular complexity index is 1140. The average Bonchev–Trinajstić information content (AvgIpc) is 2.82. The molecule has 1 fully saturated rings. The first kappa shape index (κ1) is 23.1. The van der Waals surface area contributed by atoms with Gasteiger partial charge in [0.25, 0.3) is 0 Å². The lowest BCUT2D eigenvalue weighted by Crippen LogP contribution is -2.47. The third kappa shape index (κ3) is 5.11. The van der Waals surface area contributed by atoms with Crippen molar-refractivity contribution in [3.05, 3.63) is 64.8 Å². The Balaban J connectivity index is 1.44. The van der Waals surface area contributed by atoms with Crippen molar-refractivity contribution < 1.29 is 9.90 Å². The lowest BCUT2D eigenvalue weighted by molar-refractivity contribution is 0.209. The largest absolute Gasteiger partial charge is 0.465 e. The van der Waals surface area contributed by atoms with E-state index in [1.54, 1.807) is 0 Å². The second-order valence-electron chi connectivity index (χ2n) is 8.74. The summed E-state index contributed by atoms with van der Waals surface area (Å²) in [6, 6.07) is 14.7. The van der Waals surface area contributed by atoms with Gasteiger partial charge in [0, 0.05) is 55.2 Å². The zero-order valence-electron chi connectivity index (χ0n) is 19.9. The third-order valence-electron chi connectivity index (χ3n) is 6.74. The molecule has 6 heteroatoms. The minimum absolute atomic E-state index is 0.724. The number of aryl methyl sites for hydroxylation is 2. The predicted molar refractivity (Wildman–Crippen MR) is 136 cm³/mol. The van der Waals surface area contributed by atoms with Gasteiger partial charge in [-0.1, -0.05) is 26.0 Å². The maximum absolute atomic E-state index is 11.2. The molecular formula is C27H34N4O2. The Morgan fingerprint density at radius 3 is 2.48 bits per heavy atom. The van der Waals surface area contributed by atoms with Crippen LogP contribution in [0.3, 0.4) is 0 Å². The molecule has 0 bridgehead atoms. The standard InChI is InChI=1S/C27H34N4O2/c1-4-20-10-12-25(29-27(32)33)21(5-2)22(20)13-14-30-15-17-31(18-16-30)26-8-6-7-24-23(26)11-9-19(3)28-24/h6-12,29H,4-5,13-18H2,1-3H3,(H,32,33). The van der Waals surface area contributed by atoms with E-state index in [1.807, 2.05) is 13.0 Å². The molecule has 0 unspecified atom stereocenters. The summed E-state index contributed by atoms with van der Waals surface area (Å²) in [6.07, 6.45) is 1.72. The number of pyridine rings is 1. The third-order valence-corrected chi connectivity index (χ3v) is 6.74. The highest BCUT2D eigenvalue weighted by Crippen LogP contribution is 2.28. The number of carboxylic acid groups (broad SMARTS) is 1. The number of nitrogens with one attached hydrogen (secondary N) is 1. The molecule has 174 valence electrons. The molecule has 1 saturated heterocycles. The highest BCUT2D eigenvalue weighted by Gasteiger charge is 2.20. The van der Waals surface area contributed by atoms with Gasteiger partial charge in [0.1, 0.15) is 0 Å². The predicted octanol–water partition coefficient (Wildman–Crippen LogP) is 5.12. The molecule has 0 atom stereocenters. The molecule has 1 aliphatic rings. The Hall–Kier alpha value is -3.12. The van der Waals surface area contributed by atoms with Gasteiger partial charge in [0.2, 0.25) is 0 Å². The van der Waals surface area contributed by atoms with Crippen LogP contribution in [-0.2, 0) is 19.3 Å². The van der Waals surface area contributed by atoms with Crippen LogP contribution < -0.4 is 10.2 Å². The minimum atomic E-state index is -1.00. The van der Waals surface area contributed by atoms with Crippen LogP contribution >= 0.6 is 0 Å². The monoisotopic (exact) mass is 446 g/mol. The summed E-state index contributed by atoms with van der Waals surface area (Å²) in [5.74, 6) is 0. The van der Waals surface area contributed by atoms with E-state index < -0.39 is 6.09 Å². The van der Waals surface area contributed by atoms with Crippen LogP contribution in [0.25, 0.3) is 10.9 Å². The number of hydrogen-bond acceptors (Lipinski definition) is 4. The number of nitrogens with zero attached hydrogens (tertiary/aromatic N) is 3.